The van der Waals surface area contributed by atoms with Crippen molar-refractivity contribution in [2.45, 2.75) is 0 Å². The van der Waals surface area contributed by atoms with E-state index in [1.54, 1.807) is 0 Å². The minimum atomic E-state index is -0.405. The summed E-state index contributed by atoms with van der Waals surface area (Å²) in [6.45, 7) is -0.195. The van der Waals surface area contributed by atoms with E-state index in [1.807, 2.05) is 42.5 Å². The van der Waals surface area contributed by atoms with Gasteiger partial charge in [0.1, 0.15) is 10.9 Å². The molecular formula is C18H11Br3ClN3O2. The number of hydrazone groups is 1. The van der Waals surface area contributed by atoms with Crippen LogP contribution in [0.5, 0.6) is 5.75 Å². The predicted octanol–water partition coefficient (Wildman–Crippen LogP) is 5.70. The Labute approximate surface area is 185 Å². The third-order valence-electron chi connectivity index (χ3n) is 3.41. The summed E-state index contributed by atoms with van der Waals surface area (Å²) in [5, 5.41) is 5.16. The van der Waals surface area contributed by atoms with Crippen molar-refractivity contribution in [1.82, 2.24) is 10.4 Å². The molecule has 0 bridgehead atoms. The number of rotatable bonds is 5. The zero-order valence-electron chi connectivity index (χ0n) is 13.5. The van der Waals surface area contributed by atoms with Crippen LogP contribution in [0.25, 0.3) is 10.9 Å². The maximum absolute atomic E-state index is 12.0. The lowest BCUT2D eigenvalue weighted by Crippen LogP contribution is -2.24. The van der Waals surface area contributed by atoms with Gasteiger partial charge in [-0.05, 0) is 56.1 Å². The molecule has 5 nitrogen and oxygen atoms in total. The van der Waals surface area contributed by atoms with Gasteiger partial charge in [-0.25, -0.2) is 10.4 Å². The van der Waals surface area contributed by atoms with E-state index in [-0.39, 0.29) is 6.61 Å². The second kappa shape index (κ2) is 9.14. The Bertz CT molecular complexity index is 1020. The zero-order chi connectivity index (χ0) is 19.4. The average Bonchev–Trinajstić information content (AvgIpc) is 2.61. The highest BCUT2D eigenvalue weighted by Crippen LogP contribution is 2.36. The molecule has 138 valence electrons. The van der Waals surface area contributed by atoms with E-state index < -0.39 is 5.91 Å². The van der Waals surface area contributed by atoms with Gasteiger partial charge >= 0.3 is 0 Å². The Morgan fingerprint density at radius 2 is 1.89 bits per heavy atom. The fourth-order valence-corrected chi connectivity index (χ4v) is 4.89. The summed E-state index contributed by atoms with van der Waals surface area (Å²) in [6, 6.07) is 13.1. The smallest absolute Gasteiger partial charge is 0.277 e. The van der Waals surface area contributed by atoms with E-state index in [4.69, 9.17) is 16.3 Å². The summed E-state index contributed by atoms with van der Waals surface area (Å²) in [5.74, 6) is 0.122. The van der Waals surface area contributed by atoms with E-state index in [0.29, 0.717) is 25.4 Å². The molecule has 0 saturated carbocycles. The number of carbonyl (C=O) groups excluding carboxylic acids is 1. The lowest BCUT2D eigenvalue weighted by Gasteiger charge is -2.10. The van der Waals surface area contributed by atoms with E-state index in [9.17, 15) is 4.79 Å². The summed E-state index contributed by atoms with van der Waals surface area (Å²) in [7, 11) is 0. The molecule has 1 N–H and O–H groups in total. The number of fused-ring (bicyclic) bond motifs is 1. The first kappa shape index (κ1) is 20.3. The Hall–Kier alpha value is -1.48. The van der Waals surface area contributed by atoms with Gasteiger partial charge in [-0.1, -0.05) is 45.7 Å². The van der Waals surface area contributed by atoms with Crippen molar-refractivity contribution < 1.29 is 9.53 Å². The highest BCUT2D eigenvalue weighted by molar-refractivity contribution is 9.11. The summed E-state index contributed by atoms with van der Waals surface area (Å²) in [6.07, 6.45) is 1.45. The van der Waals surface area contributed by atoms with Crippen LogP contribution < -0.4 is 10.2 Å². The molecule has 0 aliphatic rings. The van der Waals surface area contributed by atoms with Gasteiger partial charge in [0.15, 0.2) is 6.61 Å². The molecule has 27 heavy (non-hydrogen) atoms. The second-order valence-electron chi connectivity index (χ2n) is 5.34. The van der Waals surface area contributed by atoms with Gasteiger partial charge in [0.25, 0.3) is 5.91 Å². The van der Waals surface area contributed by atoms with Gasteiger partial charge in [0.2, 0.25) is 0 Å². The maximum atomic E-state index is 12.0. The Kier molecular flexibility index (Phi) is 6.86. The minimum Gasteiger partial charge on any atom is -0.481 e. The van der Waals surface area contributed by atoms with Gasteiger partial charge in [-0.3, -0.25) is 4.79 Å². The van der Waals surface area contributed by atoms with Crippen LogP contribution in [0.3, 0.4) is 0 Å². The number of ether oxygens (including phenoxy) is 1. The average molecular weight is 576 g/mol. The number of pyridine rings is 1. The topological polar surface area (TPSA) is 63.6 Å². The summed E-state index contributed by atoms with van der Waals surface area (Å²) < 4.78 is 7.84. The van der Waals surface area contributed by atoms with Crippen LogP contribution in [0.4, 0.5) is 0 Å². The quantitative estimate of drug-likeness (QED) is 0.241. The SMILES string of the molecule is O=C(COc1c(Br)cc(Br)cc1Br)NN=Cc1cc2ccccc2nc1Cl. The number of carbonyl (C=O) groups is 1. The van der Waals surface area contributed by atoms with Crippen molar-refractivity contribution in [3.63, 3.8) is 0 Å². The molecule has 0 aliphatic carbocycles. The number of nitrogens with zero attached hydrogens (tertiary/aromatic N) is 2. The number of hydrogen-bond acceptors (Lipinski definition) is 4. The molecule has 1 aromatic heterocycles. The second-order valence-corrected chi connectivity index (χ2v) is 8.32. The van der Waals surface area contributed by atoms with Crippen LogP contribution in [-0.4, -0.2) is 23.7 Å². The summed E-state index contributed by atoms with van der Waals surface area (Å²) in [4.78, 5) is 16.3. The Morgan fingerprint density at radius 3 is 2.63 bits per heavy atom. The first-order chi connectivity index (χ1) is 12.9. The van der Waals surface area contributed by atoms with E-state index >= 15 is 0 Å². The van der Waals surface area contributed by atoms with Crippen molar-refractivity contribution in [1.29, 1.82) is 0 Å². The van der Waals surface area contributed by atoms with E-state index in [1.165, 1.54) is 6.21 Å². The molecule has 9 heteroatoms. The largest absolute Gasteiger partial charge is 0.481 e. The number of amides is 1. The third kappa shape index (κ3) is 5.28. The van der Waals surface area contributed by atoms with Crippen LogP contribution in [0.2, 0.25) is 5.15 Å². The lowest BCUT2D eigenvalue weighted by atomic mass is 10.2. The van der Waals surface area contributed by atoms with Gasteiger partial charge < -0.3 is 4.74 Å². The predicted molar refractivity (Wildman–Crippen MR) is 118 cm³/mol. The molecule has 0 unspecified atom stereocenters. The summed E-state index contributed by atoms with van der Waals surface area (Å²) >= 11 is 16.3. The molecule has 0 spiro atoms. The first-order valence-corrected chi connectivity index (χ1v) is 10.3. The van der Waals surface area contributed by atoms with Crippen LogP contribution in [0.1, 0.15) is 5.56 Å². The molecule has 1 heterocycles. The Balaban J connectivity index is 1.62. The van der Waals surface area contributed by atoms with Gasteiger partial charge in [-0.15, -0.1) is 0 Å². The van der Waals surface area contributed by atoms with Crippen LogP contribution >= 0.6 is 59.4 Å². The van der Waals surface area contributed by atoms with Crippen molar-refractivity contribution in [3.8, 4) is 5.75 Å². The number of hydrogen-bond donors (Lipinski definition) is 1. The van der Waals surface area contributed by atoms with Crippen molar-refractivity contribution in [2.75, 3.05) is 6.61 Å². The first-order valence-electron chi connectivity index (χ1n) is 7.58. The van der Waals surface area contributed by atoms with Gasteiger partial charge in [0, 0.05) is 15.4 Å². The monoisotopic (exact) mass is 573 g/mol. The number of nitrogens with one attached hydrogen (secondary N) is 1. The van der Waals surface area contributed by atoms with Crippen molar-refractivity contribution >= 4 is 82.4 Å². The van der Waals surface area contributed by atoms with Crippen LogP contribution in [0, 0.1) is 0 Å². The van der Waals surface area contributed by atoms with E-state index in [0.717, 1.165) is 15.4 Å². The fraction of sp³-hybridized carbons (Fsp3) is 0.0556. The van der Waals surface area contributed by atoms with Gasteiger partial charge in [0.05, 0.1) is 20.7 Å². The number of para-hydroxylation sites is 1. The van der Waals surface area contributed by atoms with Crippen LogP contribution in [0.15, 0.2) is 61.0 Å². The minimum absolute atomic E-state index is 0.195. The normalized spacial score (nSPS) is 11.1. The number of halogens is 4. The summed E-state index contributed by atoms with van der Waals surface area (Å²) in [5.41, 5.74) is 3.81. The molecule has 0 atom stereocenters. The third-order valence-corrected chi connectivity index (χ3v) is 5.35. The lowest BCUT2D eigenvalue weighted by molar-refractivity contribution is -0.123. The van der Waals surface area contributed by atoms with Crippen LogP contribution in [-0.2, 0) is 4.79 Å². The molecule has 2 aromatic carbocycles. The molecule has 0 radical (unpaired) electrons. The molecule has 0 aliphatic heterocycles. The molecular weight excluding hydrogens is 565 g/mol. The molecule has 3 aromatic rings. The highest BCUT2D eigenvalue weighted by Gasteiger charge is 2.10. The fourth-order valence-electron chi connectivity index (χ4n) is 2.21. The van der Waals surface area contributed by atoms with Gasteiger partial charge in [-0.2, -0.15) is 5.10 Å². The molecule has 0 fully saturated rings. The molecule has 3 rings (SSSR count). The van der Waals surface area contributed by atoms with Crippen molar-refractivity contribution in [2.24, 2.45) is 5.10 Å². The molecule has 1 amide bonds. The standard InChI is InChI=1S/C18H11Br3ClN3O2/c19-12-6-13(20)17(14(21)7-12)27-9-16(26)25-23-8-11-5-10-3-1-2-4-15(10)24-18(11)22/h1-8H,9H2,(H,25,26). The van der Waals surface area contributed by atoms with Crippen molar-refractivity contribution in [3.05, 3.63) is 66.6 Å². The molecule has 0 saturated heterocycles. The highest BCUT2D eigenvalue weighted by atomic mass is 79.9. The maximum Gasteiger partial charge on any atom is 0.277 e. The Morgan fingerprint density at radius 1 is 1.19 bits per heavy atom. The zero-order valence-corrected chi connectivity index (χ0v) is 19.1. The number of benzene rings is 2. The van der Waals surface area contributed by atoms with E-state index in [2.05, 4.69) is 63.3 Å². The number of aromatic nitrogens is 1.